The molecule has 0 radical (unpaired) electrons. The second-order valence-electron chi connectivity index (χ2n) is 6.12. The number of nitrogens with one attached hydrogen (secondary N) is 2. The molecule has 6 heteroatoms. The summed E-state index contributed by atoms with van der Waals surface area (Å²) in [4.78, 5) is 12.9. The summed E-state index contributed by atoms with van der Waals surface area (Å²) in [5.41, 5.74) is 0.642. The van der Waals surface area contributed by atoms with Gasteiger partial charge in [-0.2, -0.15) is 0 Å². The summed E-state index contributed by atoms with van der Waals surface area (Å²) in [6.07, 6.45) is 2.37. The van der Waals surface area contributed by atoms with Crippen molar-refractivity contribution < 1.29 is 4.79 Å². The molecule has 1 aliphatic rings. The van der Waals surface area contributed by atoms with Gasteiger partial charge in [-0.05, 0) is 43.4 Å². The Morgan fingerprint density at radius 2 is 2.32 bits per heavy atom. The van der Waals surface area contributed by atoms with Gasteiger partial charge in [0, 0.05) is 12.0 Å². The molecule has 2 heterocycles. The van der Waals surface area contributed by atoms with E-state index >= 15 is 0 Å². The van der Waals surface area contributed by atoms with Crippen molar-refractivity contribution in [2.45, 2.75) is 39.0 Å². The molecule has 1 fully saturated rings. The van der Waals surface area contributed by atoms with Crippen LogP contribution >= 0.6 is 11.5 Å². The van der Waals surface area contributed by atoms with Gasteiger partial charge in [-0.25, -0.2) is 0 Å². The normalized spacial score (nSPS) is 20.3. The molecule has 0 spiro atoms. The van der Waals surface area contributed by atoms with Crippen LogP contribution in [0.5, 0.6) is 0 Å². The number of hydrogen-bond donors (Lipinski definition) is 2. The minimum absolute atomic E-state index is 0.0366. The maximum Gasteiger partial charge on any atom is 0.264 e. The van der Waals surface area contributed by atoms with Gasteiger partial charge in [0.15, 0.2) is 0 Å². The van der Waals surface area contributed by atoms with Crippen LogP contribution in [0.15, 0.2) is 0 Å². The van der Waals surface area contributed by atoms with Gasteiger partial charge in [0.25, 0.3) is 5.91 Å². The standard InChI is InChI=1S/C13H22N4OS/c1-13(2,3)11-10(19-17-16-11)12(18)15-8-9-5-4-6-14-7-9/h9,14H,4-8H2,1-3H3,(H,15,18). The number of carbonyl (C=O) groups is 1. The molecule has 1 unspecified atom stereocenters. The SMILES string of the molecule is CC(C)(C)c1nnsc1C(=O)NCC1CCCNC1. The van der Waals surface area contributed by atoms with Gasteiger partial charge < -0.3 is 10.6 Å². The molecule has 1 aromatic heterocycles. The summed E-state index contributed by atoms with van der Waals surface area (Å²) in [6, 6.07) is 0. The molecule has 1 atom stereocenters. The first-order chi connectivity index (χ1) is 8.98. The second-order valence-corrected chi connectivity index (χ2v) is 6.88. The van der Waals surface area contributed by atoms with Gasteiger partial charge in [-0.3, -0.25) is 4.79 Å². The zero-order chi connectivity index (χ0) is 13.9. The van der Waals surface area contributed by atoms with Crippen LogP contribution in [-0.4, -0.2) is 35.1 Å². The average Bonchev–Trinajstić information content (AvgIpc) is 2.86. The van der Waals surface area contributed by atoms with Gasteiger partial charge >= 0.3 is 0 Å². The predicted molar refractivity (Wildman–Crippen MR) is 76.5 cm³/mol. The van der Waals surface area contributed by atoms with E-state index in [0.717, 1.165) is 25.3 Å². The fraction of sp³-hybridized carbons (Fsp3) is 0.769. The highest BCUT2D eigenvalue weighted by atomic mass is 32.1. The van der Waals surface area contributed by atoms with Gasteiger partial charge in [-0.1, -0.05) is 25.3 Å². The predicted octanol–water partition coefficient (Wildman–Crippen LogP) is 1.56. The fourth-order valence-corrected chi connectivity index (χ4v) is 3.04. The summed E-state index contributed by atoms with van der Waals surface area (Å²) in [5.74, 6) is 0.502. The Labute approximate surface area is 118 Å². The van der Waals surface area contributed by atoms with Crippen molar-refractivity contribution in [1.29, 1.82) is 0 Å². The Hall–Kier alpha value is -1.01. The molecule has 2 rings (SSSR count). The minimum Gasteiger partial charge on any atom is -0.351 e. The molecule has 1 aromatic rings. The zero-order valence-corrected chi connectivity index (χ0v) is 12.6. The topological polar surface area (TPSA) is 66.9 Å². The number of piperidine rings is 1. The van der Waals surface area contributed by atoms with Crippen molar-refractivity contribution in [3.8, 4) is 0 Å². The van der Waals surface area contributed by atoms with E-state index in [-0.39, 0.29) is 11.3 Å². The van der Waals surface area contributed by atoms with Crippen LogP contribution in [0.3, 0.4) is 0 Å². The van der Waals surface area contributed by atoms with Gasteiger partial charge in [0.2, 0.25) is 0 Å². The third-order valence-electron chi connectivity index (χ3n) is 3.35. The summed E-state index contributed by atoms with van der Waals surface area (Å²) in [6.45, 7) is 8.96. The fourth-order valence-electron chi connectivity index (χ4n) is 2.25. The van der Waals surface area contributed by atoms with E-state index in [0.29, 0.717) is 10.8 Å². The molecular formula is C13H22N4OS. The number of hydrogen-bond acceptors (Lipinski definition) is 5. The first kappa shape index (κ1) is 14.4. The van der Waals surface area contributed by atoms with Crippen molar-refractivity contribution in [2.75, 3.05) is 19.6 Å². The third kappa shape index (κ3) is 3.73. The van der Waals surface area contributed by atoms with Gasteiger partial charge in [0.05, 0.1) is 5.69 Å². The van der Waals surface area contributed by atoms with E-state index in [1.165, 1.54) is 24.4 Å². The van der Waals surface area contributed by atoms with Gasteiger partial charge in [-0.15, -0.1) is 5.10 Å². The minimum atomic E-state index is -0.147. The second kappa shape index (κ2) is 5.96. The number of rotatable bonds is 3. The smallest absolute Gasteiger partial charge is 0.264 e. The highest BCUT2D eigenvalue weighted by Crippen LogP contribution is 2.25. The lowest BCUT2D eigenvalue weighted by Gasteiger charge is -2.23. The van der Waals surface area contributed by atoms with Crippen LogP contribution in [0.25, 0.3) is 0 Å². The van der Waals surface area contributed by atoms with Crippen molar-refractivity contribution >= 4 is 17.4 Å². The van der Waals surface area contributed by atoms with Crippen LogP contribution in [0, 0.1) is 5.92 Å². The van der Waals surface area contributed by atoms with E-state index in [2.05, 4.69) is 20.2 Å². The molecule has 1 aliphatic heterocycles. The Bertz CT molecular complexity index is 432. The molecule has 106 valence electrons. The Morgan fingerprint density at radius 3 is 2.95 bits per heavy atom. The molecule has 0 aliphatic carbocycles. The summed E-state index contributed by atoms with van der Waals surface area (Å²) in [5, 5.41) is 10.5. The maximum atomic E-state index is 12.2. The first-order valence-electron chi connectivity index (χ1n) is 6.80. The van der Waals surface area contributed by atoms with Crippen LogP contribution in [0.1, 0.15) is 49.0 Å². The lowest BCUT2D eigenvalue weighted by molar-refractivity contribution is 0.0946. The van der Waals surface area contributed by atoms with Crippen molar-refractivity contribution in [2.24, 2.45) is 5.92 Å². The van der Waals surface area contributed by atoms with Crippen molar-refractivity contribution in [3.05, 3.63) is 10.6 Å². The molecule has 5 nitrogen and oxygen atoms in total. The Balaban J connectivity index is 1.94. The third-order valence-corrected chi connectivity index (χ3v) is 4.08. The first-order valence-corrected chi connectivity index (χ1v) is 7.57. The van der Waals surface area contributed by atoms with E-state index in [1.807, 2.05) is 20.8 Å². The van der Waals surface area contributed by atoms with E-state index in [9.17, 15) is 4.79 Å². The molecular weight excluding hydrogens is 260 g/mol. The quantitative estimate of drug-likeness (QED) is 0.883. The summed E-state index contributed by atoms with van der Waals surface area (Å²) < 4.78 is 3.92. The molecule has 2 N–H and O–H groups in total. The molecule has 19 heavy (non-hydrogen) atoms. The molecule has 0 saturated carbocycles. The van der Waals surface area contributed by atoms with Crippen LogP contribution in [0.4, 0.5) is 0 Å². The lowest BCUT2D eigenvalue weighted by atomic mass is 9.91. The number of amides is 1. The maximum absolute atomic E-state index is 12.2. The number of carbonyl (C=O) groups excluding carboxylic acids is 1. The number of aromatic nitrogens is 2. The van der Waals surface area contributed by atoms with Crippen LogP contribution in [0.2, 0.25) is 0 Å². The van der Waals surface area contributed by atoms with Crippen molar-refractivity contribution in [3.63, 3.8) is 0 Å². The summed E-state index contributed by atoms with van der Waals surface area (Å²) in [7, 11) is 0. The zero-order valence-electron chi connectivity index (χ0n) is 11.8. The highest BCUT2D eigenvalue weighted by Gasteiger charge is 2.26. The molecule has 0 aromatic carbocycles. The van der Waals surface area contributed by atoms with Crippen LogP contribution in [-0.2, 0) is 5.41 Å². The van der Waals surface area contributed by atoms with E-state index < -0.39 is 0 Å². The monoisotopic (exact) mass is 282 g/mol. The average molecular weight is 282 g/mol. The highest BCUT2D eigenvalue weighted by molar-refractivity contribution is 7.08. The molecule has 0 bridgehead atoms. The van der Waals surface area contributed by atoms with Gasteiger partial charge in [0.1, 0.15) is 4.88 Å². The largest absolute Gasteiger partial charge is 0.351 e. The summed E-state index contributed by atoms with van der Waals surface area (Å²) >= 11 is 1.18. The van der Waals surface area contributed by atoms with Crippen molar-refractivity contribution in [1.82, 2.24) is 20.2 Å². The van der Waals surface area contributed by atoms with E-state index in [1.54, 1.807) is 0 Å². The van der Waals surface area contributed by atoms with Crippen LogP contribution < -0.4 is 10.6 Å². The van der Waals surface area contributed by atoms with E-state index in [4.69, 9.17) is 0 Å². The Morgan fingerprint density at radius 1 is 1.53 bits per heavy atom. The molecule has 1 saturated heterocycles. The molecule has 1 amide bonds. The number of nitrogens with zero attached hydrogens (tertiary/aromatic N) is 2. The lowest BCUT2D eigenvalue weighted by Crippen LogP contribution is -2.38. The Kier molecular flexibility index (Phi) is 4.52.